The van der Waals surface area contributed by atoms with Crippen molar-refractivity contribution in [3.63, 3.8) is 0 Å². The van der Waals surface area contributed by atoms with Crippen molar-refractivity contribution in [3.05, 3.63) is 47.3 Å². The van der Waals surface area contributed by atoms with Crippen LogP contribution in [0.1, 0.15) is 30.0 Å². The zero-order valence-electron chi connectivity index (χ0n) is 14.5. The normalized spacial score (nSPS) is 11.4. The molecule has 8 heteroatoms. The monoisotopic (exact) mass is 455 g/mol. The van der Waals surface area contributed by atoms with Crippen molar-refractivity contribution in [3.8, 4) is 0 Å². The standard InChI is InChI=1S/C17H21N5O2.HI/c1-4-18-17(20-10-16-21-12(3)24-22-16)19-9-15-11(2)13-7-5-6-8-14(13)23-15;/h5-8H,4,9-10H2,1-3H3,(H2,18,19,20);1H. The summed E-state index contributed by atoms with van der Waals surface area (Å²) in [6.45, 7) is 7.50. The first-order valence-corrected chi connectivity index (χ1v) is 7.95. The van der Waals surface area contributed by atoms with Crippen molar-refractivity contribution < 1.29 is 8.94 Å². The molecular formula is C17H22IN5O2. The maximum absolute atomic E-state index is 5.91. The molecule has 0 radical (unpaired) electrons. The molecule has 0 aliphatic rings. The van der Waals surface area contributed by atoms with Gasteiger partial charge in [0.15, 0.2) is 11.8 Å². The SMILES string of the molecule is CCNC(=NCc1noc(C)n1)NCc1oc2ccccc2c1C.I. The number of aromatic nitrogens is 2. The summed E-state index contributed by atoms with van der Waals surface area (Å²) in [6, 6.07) is 8.03. The van der Waals surface area contributed by atoms with Gasteiger partial charge in [0, 0.05) is 24.4 Å². The summed E-state index contributed by atoms with van der Waals surface area (Å²) in [7, 11) is 0. The molecule has 3 aromatic rings. The first kappa shape index (κ1) is 19.2. The van der Waals surface area contributed by atoms with E-state index in [1.807, 2.05) is 25.1 Å². The lowest BCUT2D eigenvalue weighted by molar-refractivity contribution is 0.387. The number of nitrogens with zero attached hydrogens (tertiary/aromatic N) is 3. The van der Waals surface area contributed by atoms with Gasteiger partial charge in [-0.1, -0.05) is 23.4 Å². The Balaban J connectivity index is 0.00000225. The van der Waals surface area contributed by atoms with Gasteiger partial charge in [-0.25, -0.2) is 4.99 Å². The zero-order chi connectivity index (χ0) is 16.9. The van der Waals surface area contributed by atoms with E-state index in [0.29, 0.717) is 30.8 Å². The highest BCUT2D eigenvalue weighted by atomic mass is 127. The third kappa shape index (κ3) is 4.71. The van der Waals surface area contributed by atoms with Gasteiger partial charge in [0.1, 0.15) is 17.9 Å². The van der Waals surface area contributed by atoms with Gasteiger partial charge in [0.25, 0.3) is 0 Å². The van der Waals surface area contributed by atoms with Gasteiger partial charge >= 0.3 is 0 Å². The molecular weight excluding hydrogens is 433 g/mol. The molecule has 0 saturated carbocycles. The number of furan rings is 1. The third-order valence-electron chi connectivity index (χ3n) is 3.65. The molecule has 0 aliphatic heterocycles. The molecule has 134 valence electrons. The summed E-state index contributed by atoms with van der Waals surface area (Å²) in [5.41, 5.74) is 2.04. The molecule has 0 aliphatic carbocycles. The predicted octanol–water partition coefficient (Wildman–Crippen LogP) is 3.31. The second-order valence-corrected chi connectivity index (χ2v) is 5.42. The molecule has 0 bridgehead atoms. The van der Waals surface area contributed by atoms with Crippen molar-refractivity contribution in [2.75, 3.05) is 6.54 Å². The largest absolute Gasteiger partial charge is 0.459 e. The Labute approximate surface area is 163 Å². The van der Waals surface area contributed by atoms with Crippen LogP contribution in [0.4, 0.5) is 0 Å². The number of aryl methyl sites for hydroxylation is 2. The minimum absolute atomic E-state index is 0. The quantitative estimate of drug-likeness (QED) is 0.349. The van der Waals surface area contributed by atoms with E-state index in [4.69, 9.17) is 8.94 Å². The first-order chi connectivity index (χ1) is 11.7. The lowest BCUT2D eigenvalue weighted by Crippen LogP contribution is -2.36. The molecule has 0 atom stereocenters. The number of hydrogen-bond acceptors (Lipinski definition) is 5. The Morgan fingerprint density at radius 1 is 1.20 bits per heavy atom. The van der Waals surface area contributed by atoms with E-state index in [9.17, 15) is 0 Å². The number of halogens is 1. The number of benzene rings is 1. The number of hydrogen-bond donors (Lipinski definition) is 2. The Morgan fingerprint density at radius 3 is 2.68 bits per heavy atom. The molecule has 3 rings (SSSR count). The Bertz CT molecular complexity index is 856. The van der Waals surface area contributed by atoms with E-state index in [0.717, 1.165) is 28.8 Å². The van der Waals surface area contributed by atoms with Crippen molar-refractivity contribution >= 4 is 40.9 Å². The lowest BCUT2D eigenvalue weighted by atomic mass is 10.1. The topological polar surface area (TPSA) is 88.5 Å². The van der Waals surface area contributed by atoms with Crippen LogP contribution in [-0.2, 0) is 13.1 Å². The van der Waals surface area contributed by atoms with Gasteiger partial charge in [0.05, 0.1) is 6.54 Å². The molecule has 7 nitrogen and oxygen atoms in total. The van der Waals surface area contributed by atoms with E-state index < -0.39 is 0 Å². The van der Waals surface area contributed by atoms with Crippen molar-refractivity contribution in [1.29, 1.82) is 0 Å². The van der Waals surface area contributed by atoms with E-state index in [2.05, 4.69) is 38.8 Å². The number of para-hydroxylation sites is 1. The summed E-state index contributed by atoms with van der Waals surface area (Å²) in [4.78, 5) is 8.61. The Kier molecular flexibility index (Phi) is 6.80. The summed E-state index contributed by atoms with van der Waals surface area (Å²) in [5.74, 6) is 2.68. The van der Waals surface area contributed by atoms with Crippen LogP contribution >= 0.6 is 24.0 Å². The zero-order valence-corrected chi connectivity index (χ0v) is 16.8. The van der Waals surface area contributed by atoms with Crippen LogP contribution in [0, 0.1) is 13.8 Å². The number of fused-ring (bicyclic) bond motifs is 1. The van der Waals surface area contributed by atoms with E-state index in [-0.39, 0.29) is 24.0 Å². The highest BCUT2D eigenvalue weighted by molar-refractivity contribution is 14.0. The van der Waals surface area contributed by atoms with Crippen LogP contribution in [0.25, 0.3) is 11.0 Å². The number of aliphatic imine (C=N–C) groups is 1. The van der Waals surface area contributed by atoms with Crippen LogP contribution in [0.2, 0.25) is 0 Å². The van der Waals surface area contributed by atoms with E-state index >= 15 is 0 Å². The van der Waals surface area contributed by atoms with Crippen LogP contribution in [0.3, 0.4) is 0 Å². The van der Waals surface area contributed by atoms with Crippen LogP contribution in [-0.4, -0.2) is 22.6 Å². The average molecular weight is 455 g/mol. The lowest BCUT2D eigenvalue weighted by Gasteiger charge is -2.10. The first-order valence-electron chi connectivity index (χ1n) is 7.95. The fraction of sp³-hybridized carbons (Fsp3) is 0.353. The van der Waals surface area contributed by atoms with Gasteiger partial charge in [-0.15, -0.1) is 24.0 Å². The third-order valence-corrected chi connectivity index (χ3v) is 3.65. The fourth-order valence-corrected chi connectivity index (χ4v) is 2.45. The highest BCUT2D eigenvalue weighted by Gasteiger charge is 2.10. The molecule has 0 unspecified atom stereocenters. The van der Waals surface area contributed by atoms with E-state index in [1.54, 1.807) is 6.92 Å². The summed E-state index contributed by atoms with van der Waals surface area (Å²) < 4.78 is 10.9. The molecule has 0 amide bonds. The van der Waals surface area contributed by atoms with Crippen LogP contribution in [0.5, 0.6) is 0 Å². The Morgan fingerprint density at radius 2 is 2.00 bits per heavy atom. The molecule has 2 heterocycles. The maximum Gasteiger partial charge on any atom is 0.223 e. The van der Waals surface area contributed by atoms with Gasteiger partial charge in [-0.3, -0.25) is 0 Å². The van der Waals surface area contributed by atoms with Gasteiger partial charge in [-0.05, 0) is 19.9 Å². The summed E-state index contributed by atoms with van der Waals surface area (Å²) in [6.07, 6.45) is 0. The smallest absolute Gasteiger partial charge is 0.223 e. The second kappa shape index (κ2) is 8.84. The van der Waals surface area contributed by atoms with Gasteiger partial charge < -0.3 is 19.6 Å². The summed E-state index contributed by atoms with van der Waals surface area (Å²) >= 11 is 0. The molecule has 25 heavy (non-hydrogen) atoms. The molecule has 2 aromatic heterocycles. The van der Waals surface area contributed by atoms with E-state index in [1.165, 1.54) is 0 Å². The Hall–Kier alpha value is -2.10. The van der Waals surface area contributed by atoms with Gasteiger partial charge in [0.2, 0.25) is 5.89 Å². The molecule has 0 spiro atoms. The number of guanidine groups is 1. The highest BCUT2D eigenvalue weighted by Crippen LogP contribution is 2.24. The molecule has 0 saturated heterocycles. The van der Waals surface area contributed by atoms with Gasteiger partial charge in [-0.2, -0.15) is 4.98 Å². The minimum Gasteiger partial charge on any atom is -0.459 e. The molecule has 0 fully saturated rings. The van der Waals surface area contributed by atoms with Crippen molar-refractivity contribution in [1.82, 2.24) is 20.8 Å². The number of rotatable bonds is 5. The minimum atomic E-state index is 0. The van der Waals surface area contributed by atoms with Crippen LogP contribution < -0.4 is 10.6 Å². The predicted molar refractivity (Wildman–Crippen MR) is 107 cm³/mol. The summed E-state index contributed by atoms with van der Waals surface area (Å²) in [5, 5.41) is 11.4. The molecule has 2 N–H and O–H groups in total. The van der Waals surface area contributed by atoms with Crippen molar-refractivity contribution in [2.24, 2.45) is 4.99 Å². The second-order valence-electron chi connectivity index (χ2n) is 5.42. The maximum atomic E-state index is 5.91. The number of nitrogens with one attached hydrogen (secondary N) is 2. The van der Waals surface area contributed by atoms with Crippen LogP contribution in [0.15, 0.2) is 38.2 Å². The van der Waals surface area contributed by atoms with Crippen molar-refractivity contribution in [2.45, 2.75) is 33.9 Å². The average Bonchev–Trinajstić information content (AvgIpc) is 3.14. The fourth-order valence-electron chi connectivity index (χ4n) is 2.45. The molecule has 1 aromatic carbocycles.